The maximum absolute atomic E-state index is 9.31. The van der Waals surface area contributed by atoms with Gasteiger partial charge < -0.3 is 5.11 Å². The third-order valence-corrected chi connectivity index (χ3v) is 5.06. The zero-order valence-electron chi connectivity index (χ0n) is 9.58. The maximum atomic E-state index is 9.31. The fourth-order valence-corrected chi connectivity index (χ4v) is 3.59. The summed E-state index contributed by atoms with van der Waals surface area (Å²) < 4.78 is 1.21. The van der Waals surface area contributed by atoms with E-state index in [1.165, 1.54) is 8.66 Å². The highest BCUT2D eigenvalue weighted by Crippen LogP contribution is 2.31. The molecule has 2 rings (SSSR count). The molecule has 0 radical (unpaired) electrons. The Morgan fingerprint density at radius 1 is 1.44 bits per heavy atom. The standard InChI is InChI=1S/C12H18BrNOS/c1-12(9-15)4-6-14(7-5-12)8-10-2-3-11(13)16-10/h2-3,15H,4-9H2,1H3. The average molecular weight is 304 g/mol. The van der Waals surface area contributed by atoms with Crippen LogP contribution in [0.4, 0.5) is 0 Å². The van der Waals surface area contributed by atoms with Crippen LogP contribution in [0.5, 0.6) is 0 Å². The Labute approximate surface area is 109 Å². The van der Waals surface area contributed by atoms with Gasteiger partial charge in [0, 0.05) is 18.0 Å². The van der Waals surface area contributed by atoms with Gasteiger partial charge in [0.15, 0.2) is 0 Å². The molecule has 0 bridgehead atoms. The van der Waals surface area contributed by atoms with E-state index in [1.807, 2.05) is 11.3 Å². The van der Waals surface area contributed by atoms with Crippen LogP contribution >= 0.6 is 27.3 Å². The maximum Gasteiger partial charge on any atom is 0.0701 e. The van der Waals surface area contributed by atoms with Crippen molar-refractivity contribution < 1.29 is 5.11 Å². The molecule has 0 unspecified atom stereocenters. The van der Waals surface area contributed by atoms with Crippen LogP contribution in [0, 0.1) is 5.41 Å². The van der Waals surface area contributed by atoms with Crippen molar-refractivity contribution in [2.45, 2.75) is 26.3 Å². The van der Waals surface area contributed by atoms with Crippen molar-refractivity contribution in [3.8, 4) is 0 Å². The van der Waals surface area contributed by atoms with Gasteiger partial charge in [0.05, 0.1) is 3.79 Å². The lowest BCUT2D eigenvalue weighted by Crippen LogP contribution is -2.39. The predicted molar refractivity (Wildman–Crippen MR) is 71.7 cm³/mol. The molecule has 16 heavy (non-hydrogen) atoms. The SMILES string of the molecule is CC1(CO)CCN(Cc2ccc(Br)s2)CC1. The van der Waals surface area contributed by atoms with E-state index in [1.54, 1.807) is 0 Å². The first kappa shape index (κ1) is 12.6. The van der Waals surface area contributed by atoms with E-state index >= 15 is 0 Å². The lowest BCUT2D eigenvalue weighted by molar-refractivity contribution is 0.0561. The Hall–Kier alpha value is 0.1000. The number of aliphatic hydroxyl groups is 1. The molecule has 4 heteroatoms. The van der Waals surface area contributed by atoms with Gasteiger partial charge in [-0.05, 0) is 59.4 Å². The van der Waals surface area contributed by atoms with Gasteiger partial charge in [0.1, 0.15) is 0 Å². The Kier molecular flexibility index (Phi) is 4.06. The van der Waals surface area contributed by atoms with Gasteiger partial charge in [0.25, 0.3) is 0 Å². The molecule has 1 aromatic heterocycles. The highest BCUT2D eigenvalue weighted by molar-refractivity contribution is 9.11. The number of halogens is 1. The van der Waals surface area contributed by atoms with Gasteiger partial charge in [-0.15, -0.1) is 11.3 Å². The fourth-order valence-electron chi connectivity index (χ4n) is 2.07. The molecule has 90 valence electrons. The topological polar surface area (TPSA) is 23.5 Å². The van der Waals surface area contributed by atoms with E-state index in [0.717, 1.165) is 32.5 Å². The van der Waals surface area contributed by atoms with Gasteiger partial charge in [-0.3, -0.25) is 4.90 Å². The zero-order chi connectivity index (χ0) is 11.6. The molecule has 2 heterocycles. The summed E-state index contributed by atoms with van der Waals surface area (Å²) in [5.74, 6) is 0. The van der Waals surface area contributed by atoms with E-state index < -0.39 is 0 Å². The number of nitrogens with zero attached hydrogens (tertiary/aromatic N) is 1. The van der Waals surface area contributed by atoms with Crippen molar-refractivity contribution in [3.05, 3.63) is 20.8 Å². The number of likely N-dealkylation sites (tertiary alicyclic amines) is 1. The third kappa shape index (κ3) is 3.06. The molecule has 0 aliphatic carbocycles. The number of thiophene rings is 1. The first-order chi connectivity index (χ1) is 7.61. The number of hydrogen-bond acceptors (Lipinski definition) is 3. The van der Waals surface area contributed by atoms with Crippen molar-refractivity contribution in [3.63, 3.8) is 0 Å². The summed E-state index contributed by atoms with van der Waals surface area (Å²) in [6.07, 6.45) is 2.21. The summed E-state index contributed by atoms with van der Waals surface area (Å²) in [6, 6.07) is 4.30. The van der Waals surface area contributed by atoms with Crippen LogP contribution in [0.15, 0.2) is 15.9 Å². The second kappa shape index (κ2) is 5.17. The van der Waals surface area contributed by atoms with Gasteiger partial charge in [-0.1, -0.05) is 6.92 Å². The van der Waals surface area contributed by atoms with Gasteiger partial charge in [0.2, 0.25) is 0 Å². The van der Waals surface area contributed by atoms with E-state index in [9.17, 15) is 5.11 Å². The smallest absolute Gasteiger partial charge is 0.0701 e. The lowest BCUT2D eigenvalue weighted by Gasteiger charge is -2.38. The zero-order valence-corrected chi connectivity index (χ0v) is 12.0. The van der Waals surface area contributed by atoms with Crippen LogP contribution in [0.2, 0.25) is 0 Å². The Morgan fingerprint density at radius 3 is 2.62 bits per heavy atom. The molecule has 1 saturated heterocycles. The summed E-state index contributed by atoms with van der Waals surface area (Å²) in [5.41, 5.74) is 0.159. The molecule has 0 atom stereocenters. The van der Waals surface area contributed by atoms with E-state index in [0.29, 0.717) is 6.61 Å². The van der Waals surface area contributed by atoms with Crippen molar-refractivity contribution in [1.29, 1.82) is 0 Å². The second-order valence-electron chi connectivity index (χ2n) is 4.95. The molecule has 1 aliphatic heterocycles. The van der Waals surface area contributed by atoms with Crippen LogP contribution in [-0.2, 0) is 6.54 Å². The molecular weight excluding hydrogens is 286 g/mol. The van der Waals surface area contributed by atoms with Crippen molar-refractivity contribution in [2.75, 3.05) is 19.7 Å². The largest absolute Gasteiger partial charge is 0.396 e. The van der Waals surface area contributed by atoms with Crippen LogP contribution in [0.1, 0.15) is 24.6 Å². The molecule has 1 fully saturated rings. The number of rotatable bonds is 3. The minimum atomic E-state index is 0.159. The summed E-state index contributed by atoms with van der Waals surface area (Å²) in [5, 5.41) is 9.31. The first-order valence-corrected chi connectivity index (χ1v) is 7.30. The molecule has 1 aromatic rings. The van der Waals surface area contributed by atoms with Crippen LogP contribution in [0.25, 0.3) is 0 Å². The van der Waals surface area contributed by atoms with Crippen molar-refractivity contribution in [2.24, 2.45) is 5.41 Å². The summed E-state index contributed by atoms with van der Waals surface area (Å²) in [4.78, 5) is 3.90. The summed E-state index contributed by atoms with van der Waals surface area (Å²) in [6.45, 7) is 5.77. The molecular formula is C12H18BrNOS. The van der Waals surface area contributed by atoms with Crippen LogP contribution in [-0.4, -0.2) is 29.7 Å². The highest BCUT2D eigenvalue weighted by Gasteiger charge is 2.29. The number of piperidine rings is 1. The Morgan fingerprint density at radius 2 is 2.12 bits per heavy atom. The summed E-state index contributed by atoms with van der Waals surface area (Å²) in [7, 11) is 0. The van der Waals surface area contributed by atoms with E-state index in [-0.39, 0.29) is 5.41 Å². The molecule has 0 amide bonds. The van der Waals surface area contributed by atoms with Gasteiger partial charge in [-0.25, -0.2) is 0 Å². The molecule has 0 spiro atoms. The Bertz CT molecular complexity index is 345. The third-order valence-electron chi connectivity index (χ3n) is 3.45. The van der Waals surface area contributed by atoms with Gasteiger partial charge in [-0.2, -0.15) is 0 Å². The minimum Gasteiger partial charge on any atom is -0.396 e. The fraction of sp³-hybridized carbons (Fsp3) is 0.667. The first-order valence-electron chi connectivity index (χ1n) is 5.69. The van der Waals surface area contributed by atoms with Crippen molar-refractivity contribution >= 4 is 27.3 Å². The Balaban J connectivity index is 1.86. The minimum absolute atomic E-state index is 0.159. The number of hydrogen-bond donors (Lipinski definition) is 1. The van der Waals surface area contributed by atoms with Crippen LogP contribution in [0.3, 0.4) is 0 Å². The summed E-state index contributed by atoms with van der Waals surface area (Å²) >= 11 is 5.31. The monoisotopic (exact) mass is 303 g/mol. The quantitative estimate of drug-likeness (QED) is 0.927. The van der Waals surface area contributed by atoms with Gasteiger partial charge >= 0.3 is 0 Å². The number of aliphatic hydroxyl groups excluding tert-OH is 1. The van der Waals surface area contributed by atoms with E-state index in [2.05, 4.69) is 39.9 Å². The molecule has 2 nitrogen and oxygen atoms in total. The second-order valence-corrected chi connectivity index (χ2v) is 7.50. The highest BCUT2D eigenvalue weighted by atomic mass is 79.9. The van der Waals surface area contributed by atoms with Crippen molar-refractivity contribution in [1.82, 2.24) is 4.90 Å². The average Bonchev–Trinajstić information content (AvgIpc) is 2.68. The molecule has 0 aromatic carbocycles. The molecule has 0 saturated carbocycles. The normalized spacial score (nSPS) is 21.2. The predicted octanol–water partition coefficient (Wildman–Crippen LogP) is 3.11. The van der Waals surface area contributed by atoms with Crippen LogP contribution < -0.4 is 0 Å². The van der Waals surface area contributed by atoms with E-state index in [4.69, 9.17) is 0 Å². The lowest BCUT2D eigenvalue weighted by atomic mass is 9.81. The molecule has 1 aliphatic rings. The molecule has 1 N–H and O–H groups in total.